The zero-order chi connectivity index (χ0) is 18.0. The van der Waals surface area contributed by atoms with Crippen molar-refractivity contribution in [2.24, 2.45) is 0 Å². The normalized spacial score (nSPS) is 10.3. The summed E-state index contributed by atoms with van der Waals surface area (Å²) in [4.78, 5) is 4.27. The molecule has 2 N–H and O–H groups in total. The van der Waals surface area contributed by atoms with Crippen LogP contribution in [0.3, 0.4) is 0 Å². The van der Waals surface area contributed by atoms with E-state index >= 15 is 0 Å². The molecule has 0 fully saturated rings. The van der Waals surface area contributed by atoms with Crippen molar-refractivity contribution in [3.63, 3.8) is 0 Å². The zero-order valence-corrected chi connectivity index (χ0v) is 14.0. The lowest BCUT2D eigenvalue weighted by molar-refractivity contribution is 0.415. The average Bonchev–Trinajstić information content (AvgIpc) is 2.61. The van der Waals surface area contributed by atoms with E-state index in [2.05, 4.69) is 4.98 Å². The van der Waals surface area contributed by atoms with E-state index in [-0.39, 0.29) is 22.0 Å². The first-order chi connectivity index (χ1) is 12.0. The van der Waals surface area contributed by atoms with Crippen molar-refractivity contribution < 1.29 is 9.13 Å². The molecule has 2 aromatic carbocycles. The van der Waals surface area contributed by atoms with Crippen LogP contribution in [-0.2, 0) is 0 Å². The first-order valence-corrected chi connectivity index (χ1v) is 7.72. The first-order valence-electron chi connectivity index (χ1n) is 7.34. The molecule has 1 aromatic heterocycles. The number of pyridine rings is 1. The smallest absolute Gasteiger partial charge is 0.142 e. The van der Waals surface area contributed by atoms with E-state index in [1.807, 2.05) is 12.1 Å². The van der Waals surface area contributed by atoms with Gasteiger partial charge in [0.1, 0.15) is 29.0 Å². The van der Waals surface area contributed by atoms with Gasteiger partial charge in [-0.05, 0) is 30.3 Å². The van der Waals surface area contributed by atoms with Gasteiger partial charge in [-0.3, -0.25) is 0 Å². The molecule has 0 amide bonds. The Bertz CT molecular complexity index is 978. The molecule has 124 valence electrons. The van der Waals surface area contributed by atoms with Gasteiger partial charge in [0.2, 0.25) is 0 Å². The Labute approximate surface area is 149 Å². The highest BCUT2D eigenvalue weighted by atomic mass is 35.5. The maximum absolute atomic E-state index is 14.4. The standard InChI is InChI=1S/C19H13ClFN3O/c1-25-12-5-2-4-11(8-12)17-9-13(14(10-22)19(23)24-17)18-15(20)6-3-7-16(18)21/h2-9H,1H3,(H2,23,24). The zero-order valence-electron chi connectivity index (χ0n) is 13.3. The number of rotatable bonds is 3. The third kappa shape index (κ3) is 3.12. The number of halogens is 2. The van der Waals surface area contributed by atoms with Crippen LogP contribution in [0.15, 0.2) is 48.5 Å². The molecule has 3 aromatic rings. The van der Waals surface area contributed by atoms with Crippen molar-refractivity contribution in [2.45, 2.75) is 0 Å². The molecule has 0 spiro atoms. The number of nitrogens with two attached hydrogens (primary N) is 1. The fourth-order valence-corrected chi connectivity index (χ4v) is 2.83. The SMILES string of the molecule is COc1cccc(-c2cc(-c3c(F)cccc3Cl)c(C#N)c(N)n2)c1. The first kappa shape index (κ1) is 16.7. The van der Waals surface area contributed by atoms with Crippen LogP contribution in [0.1, 0.15) is 5.56 Å². The molecule has 0 aliphatic rings. The van der Waals surface area contributed by atoms with Crippen LogP contribution in [-0.4, -0.2) is 12.1 Å². The summed E-state index contributed by atoms with van der Waals surface area (Å²) < 4.78 is 19.6. The molecule has 0 atom stereocenters. The molecule has 25 heavy (non-hydrogen) atoms. The topological polar surface area (TPSA) is 71.9 Å². The number of aromatic nitrogens is 1. The lowest BCUT2D eigenvalue weighted by atomic mass is 9.98. The third-order valence-electron chi connectivity index (χ3n) is 3.76. The molecular formula is C19H13ClFN3O. The highest BCUT2D eigenvalue weighted by molar-refractivity contribution is 6.33. The van der Waals surface area contributed by atoms with Crippen LogP contribution in [0.5, 0.6) is 5.75 Å². The molecule has 0 unspecified atom stereocenters. The second-order valence-electron chi connectivity index (χ2n) is 5.26. The highest BCUT2D eigenvalue weighted by Gasteiger charge is 2.18. The van der Waals surface area contributed by atoms with Gasteiger partial charge in [-0.1, -0.05) is 29.8 Å². The number of methoxy groups -OCH3 is 1. The summed E-state index contributed by atoms with van der Waals surface area (Å²) in [6.45, 7) is 0. The fourth-order valence-electron chi connectivity index (χ4n) is 2.56. The molecule has 0 bridgehead atoms. The summed E-state index contributed by atoms with van der Waals surface area (Å²) in [5.74, 6) is 0.121. The van der Waals surface area contributed by atoms with Gasteiger partial charge in [0.15, 0.2) is 0 Å². The summed E-state index contributed by atoms with van der Waals surface area (Å²) in [6.07, 6.45) is 0. The van der Waals surface area contributed by atoms with Crippen molar-refractivity contribution in [2.75, 3.05) is 12.8 Å². The Morgan fingerprint density at radius 3 is 2.64 bits per heavy atom. The van der Waals surface area contributed by atoms with Gasteiger partial charge in [0, 0.05) is 16.7 Å². The van der Waals surface area contributed by atoms with Crippen LogP contribution >= 0.6 is 11.6 Å². The van der Waals surface area contributed by atoms with Gasteiger partial charge in [-0.15, -0.1) is 0 Å². The number of hydrogen-bond acceptors (Lipinski definition) is 4. The molecular weight excluding hydrogens is 341 g/mol. The minimum absolute atomic E-state index is 0.0112. The summed E-state index contributed by atoms with van der Waals surface area (Å²) in [5, 5.41) is 9.62. The monoisotopic (exact) mass is 353 g/mol. The predicted octanol–water partition coefficient (Wildman–Crippen LogP) is 4.67. The molecule has 0 aliphatic carbocycles. The van der Waals surface area contributed by atoms with E-state index in [9.17, 15) is 9.65 Å². The van der Waals surface area contributed by atoms with Gasteiger partial charge in [0.25, 0.3) is 0 Å². The van der Waals surface area contributed by atoms with Gasteiger partial charge in [-0.2, -0.15) is 5.26 Å². The van der Waals surface area contributed by atoms with Crippen molar-refractivity contribution in [3.8, 4) is 34.2 Å². The Hall–Kier alpha value is -3.10. The van der Waals surface area contributed by atoms with Gasteiger partial charge < -0.3 is 10.5 Å². The Morgan fingerprint density at radius 1 is 1.20 bits per heavy atom. The number of hydrogen-bond donors (Lipinski definition) is 1. The van der Waals surface area contributed by atoms with Crippen LogP contribution < -0.4 is 10.5 Å². The quantitative estimate of drug-likeness (QED) is 0.742. The summed E-state index contributed by atoms with van der Waals surface area (Å²) in [6, 6.07) is 15.1. The van der Waals surface area contributed by atoms with E-state index in [1.54, 1.807) is 37.4 Å². The number of nitriles is 1. The third-order valence-corrected chi connectivity index (χ3v) is 4.07. The predicted molar refractivity (Wildman–Crippen MR) is 95.8 cm³/mol. The maximum atomic E-state index is 14.4. The van der Waals surface area contributed by atoms with Gasteiger partial charge in [0.05, 0.1) is 17.8 Å². The van der Waals surface area contributed by atoms with E-state index in [0.717, 1.165) is 5.56 Å². The number of nitrogen functional groups attached to an aromatic ring is 1. The second-order valence-corrected chi connectivity index (χ2v) is 5.66. The van der Waals surface area contributed by atoms with E-state index < -0.39 is 5.82 Å². The average molecular weight is 354 g/mol. The van der Waals surface area contributed by atoms with Crippen molar-refractivity contribution in [1.82, 2.24) is 4.98 Å². The van der Waals surface area contributed by atoms with Crippen LogP contribution in [0.25, 0.3) is 22.4 Å². The van der Waals surface area contributed by atoms with Crippen molar-refractivity contribution in [1.29, 1.82) is 5.26 Å². The molecule has 4 nitrogen and oxygen atoms in total. The molecule has 0 aliphatic heterocycles. The van der Waals surface area contributed by atoms with Crippen molar-refractivity contribution in [3.05, 3.63) is 64.9 Å². The van der Waals surface area contributed by atoms with Crippen molar-refractivity contribution >= 4 is 17.4 Å². The number of ether oxygens (including phenoxy) is 1. The molecule has 6 heteroatoms. The molecule has 0 saturated carbocycles. The minimum Gasteiger partial charge on any atom is -0.497 e. The number of benzene rings is 2. The van der Waals surface area contributed by atoms with Crippen LogP contribution in [0, 0.1) is 17.1 Å². The molecule has 0 saturated heterocycles. The van der Waals surface area contributed by atoms with E-state index in [0.29, 0.717) is 17.0 Å². The van der Waals surface area contributed by atoms with Crippen LogP contribution in [0.2, 0.25) is 5.02 Å². The molecule has 1 heterocycles. The Kier molecular flexibility index (Phi) is 4.55. The van der Waals surface area contributed by atoms with Crippen LogP contribution in [0.4, 0.5) is 10.2 Å². The molecule has 0 radical (unpaired) electrons. The summed E-state index contributed by atoms with van der Waals surface area (Å²) >= 11 is 6.16. The lowest BCUT2D eigenvalue weighted by Crippen LogP contribution is -2.01. The van der Waals surface area contributed by atoms with Gasteiger partial charge >= 0.3 is 0 Å². The number of anilines is 1. The van der Waals surface area contributed by atoms with Gasteiger partial charge in [-0.25, -0.2) is 9.37 Å². The Morgan fingerprint density at radius 2 is 1.96 bits per heavy atom. The highest BCUT2D eigenvalue weighted by Crippen LogP contribution is 2.37. The lowest BCUT2D eigenvalue weighted by Gasteiger charge is -2.12. The largest absolute Gasteiger partial charge is 0.497 e. The Balaban J connectivity index is 2.29. The second kappa shape index (κ2) is 6.80. The summed E-state index contributed by atoms with van der Waals surface area (Å²) in [7, 11) is 1.56. The number of nitrogens with zero attached hydrogens (tertiary/aromatic N) is 2. The minimum atomic E-state index is -0.536. The molecule has 3 rings (SSSR count). The van der Waals surface area contributed by atoms with E-state index in [1.165, 1.54) is 12.1 Å². The summed E-state index contributed by atoms with van der Waals surface area (Å²) in [5.41, 5.74) is 7.67. The fraction of sp³-hybridized carbons (Fsp3) is 0.0526. The maximum Gasteiger partial charge on any atom is 0.142 e. The van der Waals surface area contributed by atoms with E-state index in [4.69, 9.17) is 22.1 Å².